The van der Waals surface area contributed by atoms with E-state index in [2.05, 4.69) is 4.98 Å². The molecule has 2 aromatic rings. The molecule has 4 heteroatoms. The Morgan fingerprint density at radius 2 is 2.11 bits per heavy atom. The smallest absolute Gasteiger partial charge is 0.309 e. The minimum atomic E-state index is -0.869. The Bertz CT molecular complexity index is 620. The quantitative estimate of drug-likeness (QED) is 0.917. The van der Waals surface area contributed by atoms with Crippen LogP contribution in [0.25, 0.3) is 10.9 Å². The van der Waals surface area contributed by atoms with Gasteiger partial charge in [-0.05, 0) is 50.6 Å². The second-order valence-electron chi connectivity index (χ2n) is 4.85. The highest BCUT2D eigenvalue weighted by molar-refractivity contribution is 5.84. The van der Waals surface area contributed by atoms with Crippen LogP contribution in [0.15, 0.2) is 24.3 Å². The first-order chi connectivity index (χ1) is 8.95. The van der Waals surface area contributed by atoms with Gasteiger partial charge in [-0.25, -0.2) is 0 Å². The third kappa shape index (κ3) is 3.22. The van der Waals surface area contributed by atoms with Gasteiger partial charge in [-0.15, -0.1) is 0 Å². The van der Waals surface area contributed by atoms with E-state index in [4.69, 9.17) is 9.84 Å². The highest BCUT2D eigenvalue weighted by Gasteiger charge is 2.08. The summed E-state index contributed by atoms with van der Waals surface area (Å²) in [5, 5.41) is 9.81. The van der Waals surface area contributed by atoms with Crippen LogP contribution in [0.5, 0.6) is 5.75 Å². The Morgan fingerprint density at radius 1 is 1.37 bits per heavy atom. The van der Waals surface area contributed by atoms with E-state index in [0.717, 1.165) is 22.2 Å². The van der Waals surface area contributed by atoms with E-state index < -0.39 is 5.97 Å². The summed E-state index contributed by atoms with van der Waals surface area (Å²) in [6.45, 7) is 5.91. The van der Waals surface area contributed by atoms with Crippen LogP contribution >= 0.6 is 0 Å². The summed E-state index contributed by atoms with van der Waals surface area (Å²) in [5.74, 6) is -0.0654. The molecule has 0 spiro atoms. The second-order valence-corrected chi connectivity index (χ2v) is 4.85. The third-order valence-corrected chi connectivity index (χ3v) is 2.74. The highest BCUT2D eigenvalue weighted by Crippen LogP contribution is 2.24. The fourth-order valence-corrected chi connectivity index (χ4v) is 2.03. The minimum Gasteiger partial charge on any atom is -0.491 e. The van der Waals surface area contributed by atoms with E-state index in [1.54, 1.807) is 0 Å². The molecule has 0 bridgehead atoms. The monoisotopic (exact) mass is 259 g/mol. The van der Waals surface area contributed by atoms with Crippen LogP contribution in [0.3, 0.4) is 0 Å². The number of rotatable bonds is 4. The molecule has 0 aliphatic carbocycles. The van der Waals surface area contributed by atoms with E-state index in [9.17, 15) is 4.79 Å². The number of carboxylic acid groups (broad SMARTS) is 1. The maximum absolute atomic E-state index is 10.7. The first-order valence-corrected chi connectivity index (χ1v) is 6.24. The van der Waals surface area contributed by atoms with Crippen LogP contribution in [0.4, 0.5) is 0 Å². The summed E-state index contributed by atoms with van der Waals surface area (Å²) < 4.78 is 5.65. The molecule has 1 heterocycles. The van der Waals surface area contributed by atoms with Gasteiger partial charge in [0.2, 0.25) is 0 Å². The van der Waals surface area contributed by atoms with Crippen molar-refractivity contribution in [2.24, 2.45) is 0 Å². The molecule has 19 heavy (non-hydrogen) atoms. The first kappa shape index (κ1) is 13.3. The second kappa shape index (κ2) is 5.26. The van der Waals surface area contributed by atoms with Crippen molar-refractivity contribution < 1.29 is 14.6 Å². The molecule has 0 amide bonds. The number of fused-ring (bicyclic) bond motifs is 1. The lowest BCUT2D eigenvalue weighted by atomic mass is 10.1. The Balaban J connectivity index is 2.44. The molecule has 0 atom stereocenters. The van der Waals surface area contributed by atoms with Crippen molar-refractivity contribution >= 4 is 16.9 Å². The van der Waals surface area contributed by atoms with Gasteiger partial charge >= 0.3 is 5.97 Å². The Hall–Kier alpha value is -2.10. The molecule has 1 N–H and O–H groups in total. The van der Waals surface area contributed by atoms with Crippen LogP contribution < -0.4 is 4.74 Å². The standard InChI is InChI=1S/C15H17NO3/c1-9(2)19-12-4-5-14-13(8-12)10(3)6-11(16-14)7-15(17)18/h4-6,8-9H,7H2,1-3H3,(H,17,18). The fraction of sp³-hybridized carbons (Fsp3) is 0.333. The van der Waals surface area contributed by atoms with E-state index in [1.807, 2.05) is 45.0 Å². The summed E-state index contributed by atoms with van der Waals surface area (Å²) in [7, 11) is 0. The van der Waals surface area contributed by atoms with Gasteiger partial charge in [0, 0.05) is 5.39 Å². The fourth-order valence-electron chi connectivity index (χ4n) is 2.03. The predicted octanol–water partition coefficient (Wildman–Crippen LogP) is 2.96. The molecule has 1 aromatic heterocycles. The number of hydrogen-bond acceptors (Lipinski definition) is 3. The third-order valence-electron chi connectivity index (χ3n) is 2.74. The van der Waals surface area contributed by atoms with Crippen LogP contribution in [0.2, 0.25) is 0 Å². The maximum atomic E-state index is 10.7. The molecule has 0 radical (unpaired) electrons. The molecule has 0 fully saturated rings. The lowest BCUT2D eigenvalue weighted by Gasteiger charge is -2.11. The summed E-state index contributed by atoms with van der Waals surface area (Å²) in [6.07, 6.45) is 0.0677. The summed E-state index contributed by atoms with van der Waals surface area (Å²) in [4.78, 5) is 15.1. The lowest BCUT2D eigenvalue weighted by Crippen LogP contribution is -2.06. The zero-order valence-corrected chi connectivity index (χ0v) is 11.3. The number of nitrogens with zero attached hydrogens (tertiary/aromatic N) is 1. The summed E-state index contributed by atoms with van der Waals surface area (Å²) in [5.41, 5.74) is 2.39. The van der Waals surface area contributed by atoms with Crippen molar-refractivity contribution in [2.45, 2.75) is 33.3 Å². The van der Waals surface area contributed by atoms with E-state index in [1.165, 1.54) is 0 Å². The minimum absolute atomic E-state index is 0.0545. The lowest BCUT2D eigenvalue weighted by molar-refractivity contribution is -0.136. The van der Waals surface area contributed by atoms with Crippen molar-refractivity contribution in [3.8, 4) is 5.75 Å². The Morgan fingerprint density at radius 3 is 2.74 bits per heavy atom. The molecular weight excluding hydrogens is 242 g/mol. The number of aromatic nitrogens is 1. The molecule has 0 aliphatic heterocycles. The molecule has 0 aliphatic rings. The van der Waals surface area contributed by atoms with Gasteiger partial charge in [-0.2, -0.15) is 0 Å². The van der Waals surface area contributed by atoms with Gasteiger partial charge in [0.15, 0.2) is 0 Å². The number of carbonyl (C=O) groups is 1. The van der Waals surface area contributed by atoms with Crippen molar-refractivity contribution in [1.82, 2.24) is 4.98 Å². The van der Waals surface area contributed by atoms with Gasteiger partial charge in [0.05, 0.1) is 23.7 Å². The van der Waals surface area contributed by atoms with Gasteiger partial charge < -0.3 is 9.84 Å². The number of aliphatic carboxylic acids is 1. The molecule has 1 aromatic carbocycles. The van der Waals surface area contributed by atoms with Crippen LogP contribution in [0, 0.1) is 6.92 Å². The normalized spacial score (nSPS) is 10.9. The predicted molar refractivity (Wildman–Crippen MR) is 73.6 cm³/mol. The highest BCUT2D eigenvalue weighted by atomic mass is 16.5. The first-order valence-electron chi connectivity index (χ1n) is 6.24. The number of hydrogen-bond donors (Lipinski definition) is 1. The van der Waals surface area contributed by atoms with Gasteiger partial charge in [-0.1, -0.05) is 0 Å². The average Bonchev–Trinajstić information content (AvgIpc) is 2.28. The number of aryl methyl sites for hydroxylation is 1. The van der Waals surface area contributed by atoms with Crippen LogP contribution in [-0.4, -0.2) is 22.2 Å². The maximum Gasteiger partial charge on any atom is 0.309 e. The average molecular weight is 259 g/mol. The van der Waals surface area contributed by atoms with Crippen molar-refractivity contribution in [1.29, 1.82) is 0 Å². The molecular formula is C15H17NO3. The number of pyridine rings is 1. The number of carboxylic acids is 1. The molecule has 0 unspecified atom stereocenters. The van der Waals surface area contributed by atoms with E-state index in [0.29, 0.717) is 5.69 Å². The van der Waals surface area contributed by atoms with E-state index >= 15 is 0 Å². The van der Waals surface area contributed by atoms with Gasteiger partial charge in [-0.3, -0.25) is 9.78 Å². The molecule has 100 valence electrons. The molecule has 4 nitrogen and oxygen atoms in total. The zero-order chi connectivity index (χ0) is 14.0. The van der Waals surface area contributed by atoms with Crippen molar-refractivity contribution in [3.63, 3.8) is 0 Å². The van der Waals surface area contributed by atoms with Gasteiger partial charge in [0.25, 0.3) is 0 Å². The van der Waals surface area contributed by atoms with Crippen molar-refractivity contribution in [3.05, 3.63) is 35.5 Å². The number of benzene rings is 1. The largest absolute Gasteiger partial charge is 0.491 e. The van der Waals surface area contributed by atoms with Gasteiger partial charge in [0.1, 0.15) is 5.75 Å². The topological polar surface area (TPSA) is 59.4 Å². The Kier molecular flexibility index (Phi) is 3.69. The summed E-state index contributed by atoms with van der Waals surface area (Å²) >= 11 is 0. The number of ether oxygens (including phenoxy) is 1. The zero-order valence-electron chi connectivity index (χ0n) is 11.3. The Labute approximate surface area is 112 Å². The molecule has 0 saturated carbocycles. The van der Waals surface area contributed by atoms with Crippen LogP contribution in [-0.2, 0) is 11.2 Å². The summed E-state index contributed by atoms with van der Waals surface area (Å²) in [6, 6.07) is 7.49. The SMILES string of the molecule is Cc1cc(CC(=O)O)nc2ccc(OC(C)C)cc12. The molecule has 0 saturated heterocycles. The van der Waals surface area contributed by atoms with Crippen LogP contribution in [0.1, 0.15) is 25.1 Å². The molecule has 2 rings (SSSR count). The van der Waals surface area contributed by atoms with Crippen molar-refractivity contribution in [2.75, 3.05) is 0 Å². The van der Waals surface area contributed by atoms with E-state index in [-0.39, 0.29) is 12.5 Å².